The van der Waals surface area contributed by atoms with Gasteiger partial charge in [-0.3, -0.25) is 9.48 Å². The zero-order valence-electron chi connectivity index (χ0n) is 16.1. The lowest BCUT2D eigenvalue weighted by molar-refractivity contribution is -0.132. The van der Waals surface area contributed by atoms with Crippen molar-refractivity contribution < 1.29 is 9.18 Å². The molecule has 0 radical (unpaired) electrons. The van der Waals surface area contributed by atoms with Gasteiger partial charge in [0.15, 0.2) is 0 Å². The highest BCUT2D eigenvalue weighted by Crippen LogP contribution is 2.27. The molecule has 0 bridgehead atoms. The number of halogens is 2. The van der Waals surface area contributed by atoms with Crippen molar-refractivity contribution in [3.8, 4) is 5.69 Å². The summed E-state index contributed by atoms with van der Waals surface area (Å²) in [6.45, 7) is 3.82. The second kappa shape index (κ2) is 8.75. The molecule has 4 rings (SSSR count). The van der Waals surface area contributed by atoms with E-state index >= 15 is 0 Å². The van der Waals surface area contributed by atoms with Gasteiger partial charge in [0.25, 0.3) is 0 Å². The van der Waals surface area contributed by atoms with Gasteiger partial charge in [0.2, 0.25) is 5.91 Å². The molecule has 0 saturated carbocycles. The molecule has 1 aromatic carbocycles. The second-order valence-electron chi connectivity index (χ2n) is 7.08. The summed E-state index contributed by atoms with van der Waals surface area (Å²) < 4.78 is 16.6. The van der Waals surface area contributed by atoms with Crippen LogP contribution in [0.2, 0.25) is 0 Å². The van der Waals surface area contributed by atoms with Crippen molar-refractivity contribution in [1.82, 2.24) is 30.2 Å². The largest absolute Gasteiger partial charge is 0.350 e. The fourth-order valence-electron chi connectivity index (χ4n) is 3.66. The molecule has 1 saturated heterocycles. The molecule has 1 amide bonds. The summed E-state index contributed by atoms with van der Waals surface area (Å²) in [5.74, 6) is -0.322. The van der Waals surface area contributed by atoms with Crippen LogP contribution >= 0.6 is 12.4 Å². The number of hydrogen-bond acceptors (Lipinski definition) is 4. The molecular weight excluding hydrogens is 395 g/mol. The highest BCUT2D eigenvalue weighted by Gasteiger charge is 2.41. The number of nitrogens with one attached hydrogen (secondary N) is 2. The minimum atomic E-state index is -0.671. The average Bonchev–Trinajstić information content (AvgIpc) is 3.38. The quantitative estimate of drug-likeness (QED) is 0.666. The Labute approximate surface area is 174 Å². The van der Waals surface area contributed by atoms with Gasteiger partial charge in [-0.05, 0) is 63.2 Å². The number of amides is 1. The molecule has 1 aliphatic rings. The van der Waals surface area contributed by atoms with Crippen LogP contribution in [0, 0.1) is 12.7 Å². The topological polar surface area (TPSA) is 76.8 Å². The number of carbonyl (C=O) groups is 1. The van der Waals surface area contributed by atoms with Gasteiger partial charge in [-0.1, -0.05) is 0 Å². The van der Waals surface area contributed by atoms with Crippen molar-refractivity contribution in [1.29, 1.82) is 0 Å². The van der Waals surface area contributed by atoms with E-state index in [0.29, 0.717) is 19.4 Å². The van der Waals surface area contributed by atoms with Crippen LogP contribution in [-0.4, -0.2) is 38.6 Å². The van der Waals surface area contributed by atoms with Crippen LogP contribution in [0.4, 0.5) is 4.39 Å². The molecule has 0 unspecified atom stereocenters. The Morgan fingerprint density at radius 1 is 1.28 bits per heavy atom. The van der Waals surface area contributed by atoms with E-state index in [4.69, 9.17) is 0 Å². The third-order valence-electron chi connectivity index (χ3n) is 5.33. The molecule has 1 aliphatic heterocycles. The van der Waals surface area contributed by atoms with E-state index in [0.717, 1.165) is 30.0 Å². The maximum absolute atomic E-state index is 13.1. The maximum atomic E-state index is 13.1. The van der Waals surface area contributed by atoms with E-state index < -0.39 is 5.54 Å². The third-order valence-corrected chi connectivity index (χ3v) is 5.33. The van der Waals surface area contributed by atoms with Gasteiger partial charge >= 0.3 is 0 Å². The van der Waals surface area contributed by atoms with E-state index in [2.05, 4.69) is 20.8 Å². The SMILES string of the molecule is Cc1nn(-c2ccc(F)cc2)cc1CNC(=O)C1(n2cccn2)CCNCC1.Cl. The van der Waals surface area contributed by atoms with Crippen LogP contribution in [0.3, 0.4) is 0 Å². The normalized spacial score (nSPS) is 15.5. The first kappa shape index (κ1) is 21.0. The lowest BCUT2D eigenvalue weighted by atomic mass is 9.87. The Morgan fingerprint density at radius 3 is 2.66 bits per heavy atom. The number of piperidine rings is 1. The first-order valence-corrected chi connectivity index (χ1v) is 9.39. The van der Waals surface area contributed by atoms with Gasteiger partial charge in [0, 0.05) is 30.7 Å². The van der Waals surface area contributed by atoms with E-state index in [1.807, 2.05) is 25.4 Å². The minimum absolute atomic E-state index is 0. The molecule has 9 heteroatoms. The van der Waals surface area contributed by atoms with Gasteiger partial charge in [-0.2, -0.15) is 10.2 Å². The van der Waals surface area contributed by atoms with Crippen molar-refractivity contribution in [2.45, 2.75) is 31.8 Å². The lowest BCUT2D eigenvalue weighted by Gasteiger charge is -2.36. The number of rotatable bonds is 5. The van der Waals surface area contributed by atoms with Crippen LogP contribution in [0.1, 0.15) is 24.1 Å². The maximum Gasteiger partial charge on any atom is 0.248 e. The third kappa shape index (κ3) is 4.18. The zero-order valence-corrected chi connectivity index (χ0v) is 17.0. The summed E-state index contributed by atoms with van der Waals surface area (Å²) in [7, 11) is 0. The number of hydrogen-bond donors (Lipinski definition) is 2. The molecule has 0 atom stereocenters. The van der Waals surface area contributed by atoms with Crippen LogP contribution < -0.4 is 10.6 Å². The van der Waals surface area contributed by atoms with Crippen molar-refractivity contribution in [3.05, 3.63) is 66.0 Å². The van der Waals surface area contributed by atoms with Crippen LogP contribution in [0.15, 0.2) is 48.9 Å². The van der Waals surface area contributed by atoms with Crippen molar-refractivity contribution >= 4 is 18.3 Å². The average molecular weight is 419 g/mol. The van der Waals surface area contributed by atoms with Crippen LogP contribution in [0.5, 0.6) is 0 Å². The molecule has 7 nitrogen and oxygen atoms in total. The Hall–Kier alpha value is -2.71. The summed E-state index contributed by atoms with van der Waals surface area (Å²) in [5, 5.41) is 15.2. The van der Waals surface area contributed by atoms with E-state index in [1.54, 1.807) is 27.7 Å². The van der Waals surface area contributed by atoms with E-state index in [9.17, 15) is 9.18 Å². The molecule has 1 fully saturated rings. The number of benzene rings is 1. The molecule has 2 N–H and O–H groups in total. The first-order valence-electron chi connectivity index (χ1n) is 9.39. The van der Waals surface area contributed by atoms with Crippen molar-refractivity contribution in [3.63, 3.8) is 0 Å². The summed E-state index contributed by atoms with van der Waals surface area (Å²) in [4.78, 5) is 13.1. The number of aryl methyl sites for hydroxylation is 1. The van der Waals surface area contributed by atoms with Gasteiger partial charge in [0.05, 0.1) is 11.4 Å². The summed E-state index contributed by atoms with van der Waals surface area (Å²) in [5.41, 5.74) is 1.84. The van der Waals surface area contributed by atoms with Gasteiger partial charge in [-0.25, -0.2) is 9.07 Å². The fraction of sp³-hybridized carbons (Fsp3) is 0.350. The van der Waals surface area contributed by atoms with Gasteiger partial charge in [-0.15, -0.1) is 12.4 Å². The Morgan fingerprint density at radius 2 is 2.00 bits per heavy atom. The Balaban J connectivity index is 0.00000240. The van der Waals surface area contributed by atoms with Gasteiger partial charge in [0.1, 0.15) is 11.4 Å². The fourth-order valence-corrected chi connectivity index (χ4v) is 3.66. The van der Waals surface area contributed by atoms with E-state index in [1.165, 1.54) is 12.1 Å². The molecule has 3 heterocycles. The molecule has 0 spiro atoms. The standard InChI is InChI=1S/C20H23FN6O.ClH/c1-15-16(14-26(25-15)18-5-3-17(21)4-6-18)13-23-19(28)20(7-10-22-11-8-20)27-12-2-9-24-27;/h2-6,9,12,14,22H,7-8,10-11,13H2,1H3,(H,23,28);1H. The lowest BCUT2D eigenvalue weighted by Crippen LogP contribution is -2.54. The molecular formula is C20H24ClFN6O. The van der Waals surface area contributed by atoms with Gasteiger partial charge < -0.3 is 10.6 Å². The number of nitrogens with zero attached hydrogens (tertiary/aromatic N) is 4. The number of aromatic nitrogens is 4. The summed E-state index contributed by atoms with van der Waals surface area (Å²) in [6, 6.07) is 7.99. The predicted molar refractivity (Wildman–Crippen MR) is 110 cm³/mol. The molecule has 0 aliphatic carbocycles. The summed E-state index contributed by atoms with van der Waals surface area (Å²) >= 11 is 0. The number of carbonyl (C=O) groups excluding carboxylic acids is 1. The highest BCUT2D eigenvalue weighted by atomic mass is 35.5. The van der Waals surface area contributed by atoms with E-state index in [-0.39, 0.29) is 24.1 Å². The zero-order chi connectivity index (χ0) is 19.6. The second-order valence-corrected chi connectivity index (χ2v) is 7.08. The highest BCUT2D eigenvalue weighted by molar-refractivity contribution is 5.85. The monoisotopic (exact) mass is 418 g/mol. The van der Waals surface area contributed by atoms with Crippen molar-refractivity contribution in [2.75, 3.05) is 13.1 Å². The minimum Gasteiger partial charge on any atom is -0.350 e. The smallest absolute Gasteiger partial charge is 0.248 e. The molecule has 154 valence electrons. The Bertz CT molecular complexity index is 948. The Kier molecular flexibility index (Phi) is 6.34. The molecule has 2 aromatic heterocycles. The van der Waals surface area contributed by atoms with Crippen molar-refractivity contribution in [2.24, 2.45) is 0 Å². The first-order chi connectivity index (χ1) is 13.6. The summed E-state index contributed by atoms with van der Waals surface area (Å²) in [6.07, 6.45) is 6.80. The van der Waals surface area contributed by atoms with Crippen LogP contribution in [-0.2, 0) is 16.9 Å². The van der Waals surface area contributed by atoms with Crippen LogP contribution in [0.25, 0.3) is 5.69 Å². The predicted octanol–water partition coefficient (Wildman–Crippen LogP) is 2.33. The molecule has 3 aromatic rings. The molecule has 29 heavy (non-hydrogen) atoms.